The maximum atomic E-state index is 13.4. The van der Waals surface area contributed by atoms with E-state index in [1.165, 1.54) is 6.07 Å². The second kappa shape index (κ2) is 5.44. The summed E-state index contributed by atoms with van der Waals surface area (Å²) in [6.07, 6.45) is 0. The summed E-state index contributed by atoms with van der Waals surface area (Å²) in [7, 11) is 0. The van der Waals surface area contributed by atoms with Gasteiger partial charge in [0.15, 0.2) is 0 Å². The van der Waals surface area contributed by atoms with Gasteiger partial charge in [-0.1, -0.05) is 29.0 Å². The Bertz CT molecular complexity index is 546. The van der Waals surface area contributed by atoms with Crippen LogP contribution in [-0.4, -0.2) is 4.98 Å². The lowest BCUT2D eigenvalue weighted by atomic mass is 10.2. The van der Waals surface area contributed by atoms with Crippen LogP contribution in [0.5, 0.6) is 0 Å². The molecule has 1 aromatic carbocycles. The van der Waals surface area contributed by atoms with Gasteiger partial charge in [-0.15, -0.1) is 0 Å². The quantitative estimate of drug-likeness (QED) is 0.898. The summed E-state index contributed by atoms with van der Waals surface area (Å²) in [6, 6.07) is 4.58. The maximum absolute atomic E-state index is 13.4. The van der Waals surface area contributed by atoms with E-state index in [4.69, 9.17) is 11.6 Å². The van der Waals surface area contributed by atoms with Crippen molar-refractivity contribution in [2.75, 3.05) is 0 Å². The Balaban J connectivity index is 1.96. The van der Waals surface area contributed by atoms with Gasteiger partial charge in [0.25, 0.3) is 0 Å². The molecule has 0 unspecified atom stereocenters. The molecule has 2 aromatic rings. The minimum Gasteiger partial charge on any atom is -0.315 e. The summed E-state index contributed by atoms with van der Waals surface area (Å²) in [4.78, 5) is 13.5. The van der Waals surface area contributed by atoms with E-state index in [0.29, 0.717) is 23.7 Å². The minimum absolute atomic E-state index is 0.0919. The Kier molecular flexibility index (Phi) is 3.93. The van der Waals surface area contributed by atoms with E-state index in [1.54, 1.807) is 17.5 Å². The summed E-state index contributed by atoms with van der Waals surface area (Å²) in [5.41, 5.74) is 1.22. The molecule has 1 aromatic heterocycles. The van der Waals surface area contributed by atoms with Gasteiger partial charge in [0.1, 0.15) is 5.82 Å². The Morgan fingerprint density at radius 1 is 1.41 bits per heavy atom. The monoisotopic (exact) mass is 272 g/mol. The van der Waals surface area contributed by atoms with Crippen LogP contribution in [0, 0.1) is 5.82 Å². The molecule has 6 heteroatoms. The lowest BCUT2D eigenvalue weighted by molar-refractivity contribution is 0.586. The SMILES string of the molecule is O=c1[nH]c(CNCc2c(F)cccc2Cl)cs1. The molecule has 2 rings (SSSR count). The molecule has 0 aliphatic rings. The van der Waals surface area contributed by atoms with Crippen LogP contribution in [0.2, 0.25) is 5.02 Å². The minimum atomic E-state index is -0.330. The second-order valence-electron chi connectivity index (χ2n) is 3.48. The lowest BCUT2D eigenvalue weighted by Gasteiger charge is -2.06. The van der Waals surface area contributed by atoms with E-state index in [0.717, 1.165) is 17.0 Å². The van der Waals surface area contributed by atoms with E-state index >= 15 is 0 Å². The average Bonchev–Trinajstić information content (AvgIpc) is 2.69. The molecule has 2 N–H and O–H groups in total. The third kappa shape index (κ3) is 3.15. The molecule has 3 nitrogen and oxygen atoms in total. The van der Waals surface area contributed by atoms with Crippen molar-refractivity contribution in [2.24, 2.45) is 0 Å². The van der Waals surface area contributed by atoms with Gasteiger partial charge in [0.2, 0.25) is 0 Å². The number of hydrogen-bond acceptors (Lipinski definition) is 3. The van der Waals surface area contributed by atoms with Gasteiger partial charge in [-0.05, 0) is 12.1 Å². The van der Waals surface area contributed by atoms with Gasteiger partial charge in [0.05, 0.1) is 0 Å². The molecule has 0 radical (unpaired) electrons. The zero-order chi connectivity index (χ0) is 12.3. The summed E-state index contributed by atoms with van der Waals surface area (Å²) >= 11 is 6.99. The molecule has 0 saturated carbocycles. The molecular formula is C11H10ClFN2OS. The predicted molar refractivity (Wildman–Crippen MR) is 66.9 cm³/mol. The van der Waals surface area contributed by atoms with Gasteiger partial charge < -0.3 is 10.3 Å². The Hall–Kier alpha value is -1.17. The number of halogens is 2. The van der Waals surface area contributed by atoms with Gasteiger partial charge in [0, 0.05) is 34.7 Å². The van der Waals surface area contributed by atoms with Crippen LogP contribution < -0.4 is 10.2 Å². The first-order valence-corrected chi connectivity index (χ1v) is 6.23. The highest BCUT2D eigenvalue weighted by atomic mass is 35.5. The number of thiazole rings is 1. The van der Waals surface area contributed by atoms with Crippen LogP contribution in [0.15, 0.2) is 28.4 Å². The molecule has 0 spiro atoms. The lowest BCUT2D eigenvalue weighted by Crippen LogP contribution is -2.15. The van der Waals surface area contributed by atoms with Crippen molar-refractivity contribution >= 4 is 22.9 Å². The smallest absolute Gasteiger partial charge is 0.304 e. The van der Waals surface area contributed by atoms with E-state index in [-0.39, 0.29) is 10.7 Å². The second-order valence-corrected chi connectivity index (χ2v) is 4.73. The summed E-state index contributed by atoms with van der Waals surface area (Å²) in [5, 5.41) is 5.16. The molecule has 0 saturated heterocycles. The van der Waals surface area contributed by atoms with Crippen molar-refractivity contribution in [3.8, 4) is 0 Å². The van der Waals surface area contributed by atoms with Crippen molar-refractivity contribution in [3.63, 3.8) is 0 Å². The van der Waals surface area contributed by atoms with Crippen LogP contribution in [0.1, 0.15) is 11.3 Å². The van der Waals surface area contributed by atoms with Crippen molar-refractivity contribution in [2.45, 2.75) is 13.1 Å². The Morgan fingerprint density at radius 2 is 2.24 bits per heavy atom. The molecule has 0 amide bonds. The van der Waals surface area contributed by atoms with E-state index in [9.17, 15) is 9.18 Å². The molecule has 0 aliphatic heterocycles. The third-order valence-electron chi connectivity index (χ3n) is 2.25. The number of hydrogen-bond donors (Lipinski definition) is 2. The van der Waals surface area contributed by atoms with Crippen LogP contribution >= 0.6 is 22.9 Å². The van der Waals surface area contributed by atoms with Gasteiger partial charge >= 0.3 is 4.87 Å². The largest absolute Gasteiger partial charge is 0.315 e. The topological polar surface area (TPSA) is 44.9 Å². The average molecular weight is 273 g/mol. The normalized spacial score (nSPS) is 10.7. The van der Waals surface area contributed by atoms with E-state index < -0.39 is 0 Å². The Labute approximate surface area is 106 Å². The molecule has 1 heterocycles. The molecule has 0 bridgehead atoms. The number of aromatic amines is 1. The molecule has 0 fully saturated rings. The fourth-order valence-corrected chi connectivity index (χ4v) is 2.24. The zero-order valence-corrected chi connectivity index (χ0v) is 10.4. The van der Waals surface area contributed by atoms with Crippen LogP contribution in [0.3, 0.4) is 0 Å². The molecular weight excluding hydrogens is 263 g/mol. The van der Waals surface area contributed by atoms with Gasteiger partial charge in [-0.25, -0.2) is 4.39 Å². The number of rotatable bonds is 4. The van der Waals surface area contributed by atoms with E-state index in [2.05, 4.69) is 10.3 Å². The van der Waals surface area contributed by atoms with Crippen molar-refractivity contribution in [1.82, 2.24) is 10.3 Å². The number of H-pyrrole nitrogens is 1. The van der Waals surface area contributed by atoms with Gasteiger partial charge in [-0.3, -0.25) is 4.79 Å². The number of nitrogens with one attached hydrogen (secondary N) is 2. The molecule has 0 aliphatic carbocycles. The first-order valence-electron chi connectivity index (χ1n) is 4.97. The molecule has 90 valence electrons. The van der Waals surface area contributed by atoms with Crippen LogP contribution in [-0.2, 0) is 13.1 Å². The highest BCUT2D eigenvalue weighted by molar-refractivity contribution is 7.07. The van der Waals surface area contributed by atoms with Crippen molar-refractivity contribution in [3.05, 3.63) is 55.3 Å². The Morgan fingerprint density at radius 3 is 2.88 bits per heavy atom. The van der Waals surface area contributed by atoms with Gasteiger partial charge in [-0.2, -0.15) is 0 Å². The van der Waals surface area contributed by atoms with Crippen molar-refractivity contribution in [1.29, 1.82) is 0 Å². The highest BCUT2D eigenvalue weighted by Gasteiger charge is 2.06. The summed E-state index contributed by atoms with van der Waals surface area (Å²) < 4.78 is 13.4. The first-order chi connectivity index (χ1) is 8.16. The van der Waals surface area contributed by atoms with E-state index in [1.807, 2.05) is 0 Å². The third-order valence-corrected chi connectivity index (χ3v) is 3.32. The number of aromatic nitrogens is 1. The number of benzene rings is 1. The standard InChI is InChI=1S/C11H10ClFN2OS/c12-9-2-1-3-10(13)8(9)5-14-4-7-6-17-11(16)15-7/h1-3,6,14H,4-5H2,(H,15,16). The van der Waals surface area contributed by atoms with Crippen molar-refractivity contribution < 1.29 is 4.39 Å². The van der Waals surface area contributed by atoms with Crippen LogP contribution in [0.4, 0.5) is 4.39 Å². The highest BCUT2D eigenvalue weighted by Crippen LogP contribution is 2.18. The molecule has 0 atom stereocenters. The fourth-order valence-electron chi connectivity index (χ4n) is 1.42. The zero-order valence-electron chi connectivity index (χ0n) is 8.80. The fraction of sp³-hybridized carbons (Fsp3) is 0.182. The summed E-state index contributed by atoms with van der Waals surface area (Å²) in [5.74, 6) is -0.330. The summed E-state index contributed by atoms with van der Waals surface area (Å²) in [6.45, 7) is 0.798. The van der Waals surface area contributed by atoms with Crippen LogP contribution in [0.25, 0.3) is 0 Å². The predicted octanol–water partition coefficient (Wildman–Crippen LogP) is 2.52. The molecule has 17 heavy (non-hydrogen) atoms. The first kappa shape index (κ1) is 12.3. The maximum Gasteiger partial charge on any atom is 0.304 e.